The summed E-state index contributed by atoms with van der Waals surface area (Å²) < 4.78 is 12.7. The first-order valence-corrected chi connectivity index (χ1v) is 5.86. The summed E-state index contributed by atoms with van der Waals surface area (Å²) in [5.41, 5.74) is 0.292. The Morgan fingerprint density at radius 1 is 1.20 bits per heavy atom. The van der Waals surface area contributed by atoms with E-state index in [1.54, 1.807) is 0 Å². The van der Waals surface area contributed by atoms with Gasteiger partial charge in [0, 0.05) is 17.8 Å². The van der Waals surface area contributed by atoms with Crippen LogP contribution in [0.4, 0.5) is 15.8 Å². The van der Waals surface area contributed by atoms with Gasteiger partial charge in [0.2, 0.25) is 0 Å². The minimum Gasteiger partial charge on any atom is -0.322 e. The number of halogens is 2. The maximum absolute atomic E-state index is 12.7. The summed E-state index contributed by atoms with van der Waals surface area (Å²) in [7, 11) is 0. The van der Waals surface area contributed by atoms with Crippen molar-refractivity contribution in [2.24, 2.45) is 0 Å². The van der Waals surface area contributed by atoms with E-state index >= 15 is 0 Å². The third-order valence-electron chi connectivity index (χ3n) is 2.51. The van der Waals surface area contributed by atoms with Crippen molar-refractivity contribution in [2.45, 2.75) is 0 Å². The van der Waals surface area contributed by atoms with E-state index in [4.69, 9.17) is 11.6 Å². The van der Waals surface area contributed by atoms with E-state index in [-0.39, 0.29) is 16.3 Å². The molecule has 0 saturated heterocycles. The molecule has 0 aliphatic heterocycles. The minimum absolute atomic E-state index is 0.0289. The second kappa shape index (κ2) is 5.66. The summed E-state index contributed by atoms with van der Waals surface area (Å²) >= 11 is 5.83. The van der Waals surface area contributed by atoms with Crippen LogP contribution in [0.15, 0.2) is 42.5 Å². The first kappa shape index (κ1) is 14.0. The molecule has 0 heterocycles. The first-order valence-electron chi connectivity index (χ1n) is 5.48. The lowest BCUT2D eigenvalue weighted by Gasteiger charge is -2.06. The van der Waals surface area contributed by atoms with E-state index in [1.807, 2.05) is 0 Å². The topological polar surface area (TPSA) is 72.2 Å². The molecule has 1 amide bonds. The van der Waals surface area contributed by atoms with Crippen LogP contribution in [0.1, 0.15) is 10.4 Å². The molecule has 2 rings (SSSR count). The van der Waals surface area contributed by atoms with Gasteiger partial charge < -0.3 is 5.32 Å². The van der Waals surface area contributed by atoms with Gasteiger partial charge in [-0.15, -0.1) is 0 Å². The summed E-state index contributed by atoms with van der Waals surface area (Å²) in [6, 6.07) is 8.74. The van der Waals surface area contributed by atoms with Crippen LogP contribution in [-0.2, 0) is 0 Å². The Hall–Kier alpha value is -2.47. The molecule has 20 heavy (non-hydrogen) atoms. The van der Waals surface area contributed by atoms with Crippen molar-refractivity contribution in [3.8, 4) is 0 Å². The van der Waals surface area contributed by atoms with Crippen LogP contribution in [0, 0.1) is 15.9 Å². The number of non-ortho nitro benzene ring substituents is 1. The van der Waals surface area contributed by atoms with E-state index in [9.17, 15) is 19.3 Å². The molecule has 0 saturated carbocycles. The molecular weight excluding hydrogens is 287 g/mol. The van der Waals surface area contributed by atoms with E-state index in [2.05, 4.69) is 5.32 Å². The molecule has 102 valence electrons. The van der Waals surface area contributed by atoms with Crippen LogP contribution in [0.3, 0.4) is 0 Å². The van der Waals surface area contributed by atoms with Gasteiger partial charge in [-0.2, -0.15) is 0 Å². The van der Waals surface area contributed by atoms with Crippen LogP contribution in [0.25, 0.3) is 0 Å². The van der Waals surface area contributed by atoms with E-state index in [0.717, 1.165) is 6.07 Å². The van der Waals surface area contributed by atoms with Crippen molar-refractivity contribution in [1.29, 1.82) is 0 Å². The Bertz CT molecular complexity index is 674. The van der Waals surface area contributed by atoms with Crippen LogP contribution in [-0.4, -0.2) is 10.8 Å². The van der Waals surface area contributed by atoms with Crippen molar-refractivity contribution in [1.82, 2.24) is 0 Å². The molecule has 0 aliphatic carbocycles. The number of rotatable bonds is 3. The Morgan fingerprint density at radius 3 is 2.40 bits per heavy atom. The highest BCUT2D eigenvalue weighted by Crippen LogP contribution is 2.23. The lowest BCUT2D eigenvalue weighted by molar-refractivity contribution is -0.384. The van der Waals surface area contributed by atoms with Crippen LogP contribution >= 0.6 is 11.6 Å². The highest BCUT2D eigenvalue weighted by molar-refractivity contribution is 6.34. The molecule has 0 atom stereocenters. The van der Waals surface area contributed by atoms with Crippen molar-refractivity contribution in [2.75, 3.05) is 5.32 Å². The minimum atomic E-state index is -0.604. The Morgan fingerprint density at radius 2 is 1.85 bits per heavy atom. The predicted molar refractivity (Wildman–Crippen MR) is 72.5 cm³/mol. The summed E-state index contributed by atoms with van der Waals surface area (Å²) in [5.74, 6) is -0.951. The third-order valence-corrected chi connectivity index (χ3v) is 2.82. The number of anilines is 1. The summed E-state index contributed by atoms with van der Waals surface area (Å²) in [6.45, 7) is 0. The second-order valence-electron chi connectivity index (χ2n) is 3.88. The monoisotopic (exact) mass is 294 g/mol. The predicted octanol–water partition coefficient (Wildman–Crippen LogP) is 3.64. The van der Waals surface area contributed by atoms with Crippen LogP contribution < -0.4 is 5.32 Å². The summed E-state index contributed by atoms with van der Waals surface area (Å²) in [5, 5.41) is 13.1. The van der Waals surface area contributed by atoms with Gasteiger partial charge in [-0.3, -0.25) is 14.9 Å². The van der Waals surface area contributed by atoms with E-state index < -0.39 is 16.6 Å². The van der Waals surface area contributed by atoms with Gasteiger partial charge in [0.15, 0.2) is 0 Å². The number of nitro groups is 1. The molecular formula is C13H8ClFN2O3. The van der Waals surface area contributed by atoms with Gasteiger partial charge in [0.1, 0.15) is 5.82 Å². The zero-order valence-corrected chi connectivity index (χ0v) is 10.7. The van der Waals surface area contributed by atoms with Crippen molar-refractivity contribution in [3.05, 3.63) is 69.0 Å². The maximum atomic E-state index is 12.7. The fourth-order valence-electron chi connectivity index (χ4n) is 1.53. The molecule has 0 spiro atoms. The fraction of sp³-hybridized carbons (Fsp3) is 0. The van der Waals surface area contributed by atoms with E-state index in [0.29, 0.717) is 5.69 Å². The van der Waals surface area contributed by atoms with Gasteiger partial charge >= 0.3 is 0 Å². The standard InChI is InChI=1S/C13H8ClFN2O3/c14-12-7-10(17(19)20)5-6-11(12)13(18)16-9-3-1-8(15)2-4-9/h1-7H,(H,16,18). The van der Waals surface area contributed by atoms with Gasteiger partial charge in [-0.1, -0.05) is 11.6 Å². The quantitative estimate of drug-likeness (QED) is 0.694. The first-order chi connectivity index (χ1) is 9.47. The molecule has 2 aromatic carbocycles. The molecule has 7 heteroatoms. The van der Waals surface area contributed by atoms with Crippen LogP contribution in [0.2, 0.25) is 5.02 Å². The number of hydrogen-bond donors (Lipinski definition) is 1. The van der Waals surface area contributed by atoms with Gasteiger partial charge in [-0.25, -0.2) is 4.39 Å². The highest BCUT2D eigenvalue weighted by atomic mass is 35.5. The Kier molecular flexibility index (Phi) is 3.95. The highest BCUT2D eigenvalue weighted by Gasteiger charge is 2.15. The number of carbonyl (C=O) groups is 1. The molecule has 0 aromatic heterocycles. The zero-order chi connectivity index (χ0) is 14.7. The molecule has 0 bridgehead atoms. The SMILES string of the molecule is O=C(Nc1ccc(F)cc1)c1ccc([N+](=O)[O-])cc1Cl. The van der Waals surface area contributed by atoms with E-state index in [1.165, 1.54) is 36.4 Å². The number of benzene rings is 2. The number of nitrogens with one attached hydrogen (secondary N) is 1. The van der Waals surface area contributed by atoms with Gasteiger partial charge in [0.05, 0.1) is 15.5 Å². The van der Waals surface area contributed by atoms with Gasteiger partial charge in [-0.05, 0) is 30.3 Å². The molecule has 5 nitrogen and oxygen atoms in total. The molecule has 0 unspecified atom stereocenters. The summed E-state index contributed by atoms with van der Waals surface area (Å²) in [4.78, 5) is 21.9. The van der Waals surface area contributed by atoms with Gasteiger partial charge in [0.25, 0.3) is 11.6 Å². The summed E-state index contributed by atoms with van der Waals surface area (Å²) in [6.07, 6.45) is 0. The zero-order valence-electron chi connectivity index (χ0n) is 9.97. The number of nitrogens with zero attached hydrogens (tertiary/aromatic N) is 1. The van der Waals surface area contributed by atoms with Crippen molar-refractivity contribution in [3.63, 3.8) is 0 Å². The molecule has 1 N–H and O–H groups in total. The number of nitro benzene ring substituents is 1. The molecule has 0 aliphatic rings. The van der Waals surface area contributed by atoms with Crippen molar-refractivity contribution >= 4 is 28.9 Å². The van der Waals surface area contributed by atoms with Crippen molar-refractivity contribution < 1.29 is 14.1 Å². The Labute approximate surface area is 118 Å². The third kappa shape index (κ3) is 3.10. The number of hydrogen-bond acceptors (Lipinski definition) is 3. The Balaban J connectivity index is 2.21. The smallest absolute Gasteiger partial charge is 0.270 e. The number of carbonyl (C=O) groups excluding carboxylic acids is 1. The normalized spacial score (nSPS) is 10.1. The largest absolute Gasteiger partial charge is 0.322 e. The maximum Gasteiger partial charge on any atom is 0.270 e. The second-order valence-corrected chi connectivity index (χ2v) is 4.29. The molecule has 0 radical (unpaired) electrons. The molecule has 2 aromatic rings. The average molecular weight is 295 g/mol. The fourth-order valence-corrected chi connectivity index (χ4v) is 1.79. The lowest BCUT2D eigenvalue weighted by Crippen LogP contribution is -2.12. The lowest BCUT2D eigenvalue weighted by atomic mass is 10.2. The molecule has 0 fully saturated rings. The average Bonchev–Trinajstić information content (AvgIpc) is 2.41. The number of amides is 1. The van der Waals surface area contributed by atoms with Crippen LogP contribution in [0.5, 0.6) is 0 Å².